The van der Waals surface area contributed by atoms with Crippen LogP contribution in [0.2, 0.25) is 0 Å². The molecule has 0 amide bonds. The molecule has 3 aliphatic rings. The summed E-state index contributed by atoms with van der Waals surface area (Å²) in [6.45, 7) is 9.56. The maximum Gasteiger partial charge on any atom is 0.0995 e. The summed E-state index contributed by atoms with van der Waals surface area (Å²) in [4.78, 5) is 0. The van der Waals surface area contributed by atoms with Gasteiger partial charge in [0.05, 0.1) is 25.3 Å². The lowest BCUT2D eigenvalue weighted by Gasteiger charge is -2.38. The Balaban J connectivity index is 1.41. The monoisotopic (exact) mass is 280 g/mol. The zero-order chi connectivity index (χ0) is 14.2. The SMILES string of the molecule is CC1(C)[C@H]2CC[C@]1(C)[C@H](OCC[NH2+]C1CCCCC1)C2. The Hall–Kier alpha value is -0.0800. The average molecular weight is 280 g/mol. The minimum absolute atomic E-state index is 0.433. The topological polar surface area (TPSA) is 25.8 Å². The Bertz CT molecular complexity index is 334. The first kappa shape index (κ1) is 14.8. The normalized spacial score (nSPS) is 40.4. The number of hydrogen-bond donors (Lipinski definition) is 1. The van der Waals surface area contributed by atoms with Crippen LogP contribution < -0.4 is 5.32 Å². The molecule has 0 heterocycles. The van der Waals surface area contributed by atoms with Crippen molar-refractivity contribution in [2.45, 2.75) is 84.3 Å². The predicted molar refractivity (Wildman–Crippen MR) is 82.6 cm³/mol. The van der Waals surface area contributed by atoms with Gasteiger partial charge in [-0.15, -0.1) is 0 Å². The van der Waals surface area contributed by atoms with Crippen molar-refractivity contribution >= 4 is 0 Å². The maximum atomic E-state index is 6.34. The molecule has 3 fully saturated rings. The number of hydrogen-bond acceptors (Lipinski definition) is 1. The smallest absolute Gasteiger partial charge is 0.0995 e. The lowest BCUT2D eigenvalue weighted by Crippen LogP contribution is -2.91. The molecule has 0 radical (unpaired) electrons. The van der Waals surface area contributed by atoms with Gasteiger partial charge in [0.1, 0.15) is 0 Å². The maximum absolute atomic E-state index is 6.34. The fourth-order valence-electron chi connectivity index (χ4n) is 5.27. The van der Waals surface area contributed by atoms with Crippen LogP contribution in [0.15, 0.2) is 0 Å². The van der Waals surface area contributed by atoms with Crippen LogP contribution in [-0.2, 0) is 4.74 Å². The van der Waals surface area contributed by atoms with Crippen LogP contribution in [0.25, 0.3) is 0 Å². The van der Waals surface area contributed by atoms with Gasteiger partial charge >= 0.3 is 0 Å². The molecule has 3 rings (SSSR count). The molecule has 20 heavy (non-hydrogen) atoms. The van der Waals surface area contributed by atoms with E-state index in [4.69, 9.17) is 4.74 Å². The van der Waals surface area contributed by atoms with Gasteiger partial charge in [-0.3, -0.25) is 0 Å². The van der Waals surface area contributed by atoms with E-state index in [0.29, 0.717) is 16.9 Å². The van der Waals surface area contributed by atoms with Gasteiger partial charge in [0.15, 0.2) is 0 Å². The summed E-state index contributed by atoms with van der Waals surface area (Å²) >= 11 is 0. The van der Waals surface area contributed by atoms with Crippen molar-refractivity contribution < 1.29 is 10.1 Å². The van der Waals surface area contributed by atoms with E-state index in [0.717, 1.165) is 18.6 Å². The van der Waals surface area contributed by atoms with Crippen molar-refractivity contribution in [2.75, 3.05) is 13.2 Å². The van der Waals surface area contributed by atoms with E-state index in [1.165, 1.54) is 57.9 Å². The summed E-state index contributed by atoms with van der Waals surface area (Å²) < 4.78 is 6.34. The zero-order valence-corrected chi connectivity index (χ0v) is 13.8. The van der Waals surface area contributed by atoms with E-state index in [1.807, 2.05) is 0 Å². The second-order valence-electron chi connectivity index (χ2n) is 8.39. The van der Waals surface area contributed by atoms with Crippen LogP contribution >= 0.6 is 0 Å². The molecule has 116 valence electrons. The third kappa shape index (κ3) is 2.43. The molecule has 2 nitrogen and oxygen atoms in total. The molecule has 0 spiro atoms. The van der Waals surface area contributed by atoms with Gasteiger partial charge in [0.25, 0.3) is 0 Å². The van der Waals surface area contributed by atoms with Crippen molar-refractivity contribution in [1.82, 2.24) is 0 Å². The Morgan fingerprint density at radius 2 is 1.80 bits per heavy atom. The predicted octanol–water partition coefficient (Wildman–Crippen LogP) is 3.11. The largest absolute Gasteiger partial charge is 0.372 e. The Morgan fingerprint density at radius 3 is 2.40 bits per heavy atom. The van der Waals surface area contributed by atoms with Gasteiger partial charge < -0.3 is 10.1 Å². The molecule has 0 aliphatic heterocycles. The van der Waals surface area contributed by atoms with E-state index < -0.39 is 0 Å². The average Bonchev–Trinajstić information content (AvgIpc) is 2.78. The van der Waals surface area contributed by atoms with E-state index in [9.17, 15) is 0 Å². The van der Waals surface area contributed by atoms with Crippen molar-refractivity contribution in [3.63, 3.8) is 0 Å². The fourth-order valence-corrected chi connectivity index (χ4v) is 5.27. The lowest BCUT2D eigenvalue weighted by atomic mass is 9.70. The van der Waals surface area contributed by atoms with Crippen molar-refractivity contribution in [3.05, 3.63) is 0 Å². The molecule has 2 heteroatoms. The first-order valence-electron chi connectivity index (χ1n) is 8.99. The van der Waals surface area contributed by atoms with Crippen LogP contribution in [0, 0.1) is 16.7 Å². The third-order valence-corrected chi connectivity index (χ3v) is 7.30. The molecule has 3 atom stereocenters. The molecule has 3 aliphatic carbocycles. The van der Waals surface area contributed by atoms with E-state index in [-0.39, 0.29) is 0 Å². The van der Waals surface area contributed by atoms with Crippen LogP contribution in [0.4, 0.5) is 0 Å². The van der Waals surface area contributed by atoms with Gasteiger partial charge in [-0.05, 0) is 61.7 Å². The molecule has 0 unspecified atom stereocenters. The van der Waals surface area contributed by atoms with Gasteiger partial charge in [0, 0.05) is 0 Å². The van der Waals surface area contributed by atoms with Gasteiger partial charge in [-0.1, -0.05) is 27.2 Å². The highest BCUT2D eigenvalue weighted by atomic mass is 16.5. The molecule has 2 N–H and O–H groups in total. The number of nitrogens with two attached hydrogens (primary N) is 1. The lowest BCUT2D eigenvalue weighted by molar-refractivity contribution is -0.693. The van der Waals surface area contributed by atoms with Gasteiger partial charge in [-0.25, -0.2) is 0 Å². The molecule has 0 aromatic rings. The highest BCUT2D eigenvalue weighted by molar-refractivity contribution is 5.11. The van der Waals surface area contributed by atoms with Crippen molar-refractivity contribution in [2.24, 2.45) is 16.7 Å². The summed E-state index contributed by atoms with van der Waals surface area (Å²) in [5, 5.41) is 2.56. The second-order valence-corrected chi connectivity index (χ2v) is 8.39. The minimum atomic E-state index is 0.433. The molecule has 2 bridgehead atoms. The number of quaternary nitrogens is 1. The molecule has 0 aromatic heterocycles. The molecule has 0 aromatic carbocycles. The first-order valence-corrected chi connectivity index (χ1v) is 8.99. The van der Waals surface area contributed by atoms with Crippen molar-refractivity contribution in [3.8, 4) is 0 Å². The highest BCUT2D eigenvalue weighted by Gasteiger charge is 2.61. The van der Waals surface area contributed by atoms with Crippen LogP contribution in [0.1, 0.15) is 72.1 Å². The first-order chi connectivity index (χ1) is 9.54. The minimum Gasteiger partial charge on any atom is -0.372 e. The molecular weight excluding hydrogens is 246 g/mol. The number of ether oxygens (including phenoxy) is 1. The number of fused-ring (bicyclic) bond motifs is 2. The fraction of sp³-hybridized carbons (Fsp3) is 1.00. The van der Waals surface area contributed by atoms with Crippen molar-refractivity contribution in [1.29, 1.82) is 0 Å². The summed E-state index contributed by atoms with van der Waals surface area (Å²) in [6, 6.07) is 0.888. The molecule has 0 saturated heterocycles. The standard InChI is InChI=1S/C18H33NO/c1-17(2)14-9-10-18(17,3)16(13-14)20-12-11-19-15-7-5-4-6-8-15/h14-16,19H,4-13H2,1-3H3/p+1/t14-,16+,18+/m0/s1. The Labute approximate surface area is 125 Å². The zero-order valence-electron chi connectivity index (χ0n) is 13.8. The van der Waals surface area contributed by atoms with Crippen LogP contribution in [-0.4, -0.2) is 25.3 Å². The third-order valence-electron chi connectivity index (χ3n) is 7.30. The summed E-state index contributed by atoms with van der Waals surface area (Å²) in [7, 11) is 0. The van der Waals surface area contributed by atoms with E-state index >= 15 is 0 Å². The van der Waals surface area contributed by atoms with E-state index in [1.54, 1.807) is 0 Å². The summed E-state index contributed by atoms with van der Waals surface area (Å²) in [5.41, 5.74) is 0.924. The molecular formula is C18H34NO+. The Morgan fingerprint density at radius 1 is 1.05 bits per heavy atom. The molecule has 3 saturated carbocycles. The second kappa shape index (κ2) is 5.61. The summed E-state index contributed by atoms with van der Waals surface area (Å²) in [5.74, 6) is 0.903. The van der Waals surface area contributed by atoms with Crippen LogP contribution in [0.5, 0.6) is 0 Å². The Kier molecular flexibility index (Phi) is 4.16. The van der Waals surface area contributed by atoms with E-state index in [2.05, 4.69) is 26.1 Å². The quantitative estimate of drug-likeness (QED) is 0.769. The highest BCUT2D eigenvalue weighted by Crippen LogP contribution is 2.66. The number of rotatable bonds is 5. The van der Waals surface area contributed by atoms with Gasteiger partial charge in [0.2, 0.25) is 0 Å². The van der Waals surface area contributed by atoms with Gasteiger partial charge in [-0.2, -0.15) is 0 Å². The summed E-state index contributed by atoms with van der Waals surface area (Å²) in [6.07, 6.45) is 11.8. The van der Waals surface area contributed by atoms with Crippen LogP contribution in [0.3, 0.4) is 0 Å².